The van der Waals surface area contributed by atoms with Gasteiger partial charge >= 0.3 is 0 Å². The average molecular weight is 406 g/mol. The summed E-state index contributed by atoms with van der Waals surface area (Å²) in [4.78, 5) is 0. The Morgan fingerprint density at radius 3 is 2.31 bits per heavy atom. The van der Waals surface area contributed by atoms with Gasteiger partial charge in [-0.3, -0.25) is 0 Å². The molecular weight excluding hydrogens is 380 g/mol. The van der Waals surface area contributed by atoms with E-state index in [4.69, 9.17) is 4.74 Å². The molecule has 0 bridgehead atoms. The van der Waals surface area contributed by atoms with Crippen molar-refractivity contribution in [3.05, 3.63) is 76.4 Å². The maximum atomic E-state index is 14.2. The van der Waals surface area contributed by atoms with E-state index in [1.165, 1.54) is 13.2 Å². The van der Waals surface area contributed by atoms with Gasteiger partial charge in [-0.1, -0.05) is 30.4 Å². The van der Waals surface area contributed by atoms with Crippen molar-refractivity contribution in [2.45, 2.75) is 51.4 Å². The fourth-order valence-corrected chi connectivity index (χ4v) is 4.05. The number of halogens is 4. The molecule has 29 heavy (non-hydrogen) atoms. The van der Waals surface area contributed by atoms with Crippen LogP contribution >= 0.6 is 0 Å². The highest BCUT2D eigenvalue weighted by atomic mass is 19.2. The van der Waals surface area contributed by atoms with Gasteiger partial charge in [-0.15, -0.1) is 0 Å². The molecule has 1 nitrogen and oxygen atoms in total. The summed E-state index contributed by atoms with van der Waals surface area (Å²) >= 11 is 0. The first-order valence-electron chi connectivity index (χ1n) is 10.0. The summed E-state index contributed by atoms with van der Waals surface area (Å²) < 4.78 is 60.5. The summed E-state index contributed by atoms with van der Waals surface area (Å²) in [6, 6.07) is 6.33. The van der Waals surface area contributed by atoms with Crippen LogP contribution in [-0.2, 0) is 6.42 Å². The van der Waals surface area contributed by atoms with E-state index < -0.39 is 23.3 Å². The fourth-order valence-electron chi connectivity index (χ4n) is 4.05. The number of ether oxygens (including phenoxy) is 1. The normalized spacial score (nSPS) is 19.7. The molecule has 0 radical (unpaired) electrons. The lowest BCUT2D eigenvalue weighted by Gasteiger charge is -2.27. The highest BCUT2D eigenvalue weighted by Crippen LogP contribution is 2.38. The minimum atomic E-state index is -0.952. The molecule has 0 amide bonds. The Bertz CT molecular complexity index is 883. The van der Waals surface area contributed by atoms with Crippen molar-refractivity contribution in [3.8, 4) is 5.75 Å². The van der Waals surface area contributed by atoms with E-state index in [0.717, 1.165) is 25.7 Å². The molecule has 1 fully saturated rings. The van der Waals surface area contributed by atoms with Crippen molar-refractivity contribution in [3.63, 3.8) is 0 Å². The molecule has 1 aliphatic rings. The molecule has 0 aromatic heterocycles. The van der Waals surface area contributed by atoms with Gasteiger partial charge in [0.15, 0.2) is 23.2 Å². The van der Waals surface area contributed by atoms with Crippen LogP contribution < -0.4 is 4.74 Å². The zero-order valence-electron chi connectivity index (χ0n) is 16.8. The van der Waals surface area contributed by atoms with Crippen molar-refractivity contribution in [1.82, 2.24) is 0 Å². The van der Waals surface area contributed by atoms with Gasteiger partial charge in [0, 0.05) is 0 Å². The van der Waals surface area contributed by atoms with Crippen molar-refractivity contribution in [2.75, 3.05) is 7.11 Å². The molecule has 5 heteroatoms. The van der Waals surface area contributed by atoms with Gasteiger partial charge in [-0.2, -0.15) is 4.39 Å². The maximum Gasteiger partial charge on any atom is 0.200 e. The third-order valence-corrected chi connectivity index (χ3v) is 5.85. The maximum absolute atomic E-state index is 14.2. The standard InChI is InChI=1S/C24H26F4O/c1-15-7-13-19(23(27)21(15)25)17-10-8-16(9-11-17)5-3-4-6-18-12-14-20(29-2)24(28)22(18)26/h3,5,7,12-14,16-17H,4,6,8-11H2,1-2H3/b5-3+. The summed E-state index contributed by atoms with van der Waals surface area (Å²) in [5.74, 6) is -2.93. The number of allylic oxidation sites excluding steroid dienone is 2. The van der Waals surface area contributed by atoms with Gasteiger partial charge in [-0.25, -0.2) is 13.2 Å². The molecular formula is C24H26F4O. The lowest BCUT2D eigenvalue weighted by atomic mass is 9.78. The third kappa shape index (κ3) is 4.82. The molecule has 1 aliphatic carbocycles. The second kappa shape index (κ2) is 9.47. The van der Waals surface area contributed by atoms with Crippen molar-refractivity contribution < 1.29 is 22.3 Å². The highest BCUT2D eigenvalue weighted by Gasteiger charge is 2.24. The van der Waals surface area contributed by atoms with Gasteiger partial charge in [0.05, 0.1) is 7.11 Å². The van der Waals surface area contributed by atoms with Crippen LogP contribution in [0.4, 0.5) is 17.6 Å². The number of hydrogen-bond acceptors (Lipinski definition) is 1. The Labute approximate surface area is 169 Å². The molecule has 2 aromatic carbocycles. The first-order chi connectivity index (χ1) is 13.9. The third-order valence-electron chi connectivity index (χ3n) is 5.85. The molecule has 0 N–H and O–H groups in total. The Kier molecular flexibility index (Phi) is 6.99. The number of methoxy groups -OCH3 is 1. The fraction of sp³-hybridized carbons (Fsp3) is 0.417. The summed E-state index contributed by atoms with van der Waals surface area (Å²) in [6.45, 7) is 1.57. The average Bonchev–Trinajstić information content (AvgIpc) is 2.73. The largest absolute Gasteiger partial charge is 0.494 e. The lowest BCUT2D eigenvalue weighted by molar-refractivity contribution is 0.363. The molecule has 156 valence electrons. The molecule has 0 saturated heterocycles. The Hall–Kier alpha value is -2.30. The molecule has 0 aliphatic heterocycles. The Balaban J connectivity index is 1.51. The van der Waals surface area contributed by atoms with Gasteiger partial charge in [0.2, 0.25) is 5.82 Å². The zero-order chi connectivity index (χ0) is 21.0. The first-order valence-corrected chi connectivity index (χ1v) is 10.0. The smallest absolute Gasteiger partial charge is 0.200 e. The van der Waals surface area contributed by atoms with E-state index in [2.05, 4.69) is 6.08 Å². The van der Waals surface area contributed by atoms with E-state index in [1.54, 1.807) is 25.1 Å². The minimum absolute atomic E-state index is 0.0473. The summed E-state index contributed by atoms with van der Waals surface area (Å²) in [5.41, 5.74) is 1.14. The molecule has 1 saturated carbocycles. The summed E-state index contributed by atoms with van der Waals surface area (Å²) in [6.07, 6.45) is 8.56. The quantitative estimate of drug-likeness (QED) is 0.370. The molecule has 0 spiro atoms. The Morgan fingerprint density at radius 2 is 1.62 bits per heavy atom. The molecule has 0 heterocycles. The van der Waals surface area contributed by atoms with Crippen molar-refractivity contribution in [1.29, 1.82) is 0 Å². The second-order valence-electron chi connectivity index (χ2n) is 7.73. The van der Waals surface area contributed by atoms with Gasteiger partial charge in [0.25, 0.3) is 0 Å². The van der Waals surface area contributed by atoms with E-state index in [0.29, 0.717) is 35.4 Å². The lowest BCUT2D eigenvalue weighted by Crippen LogP contribution is -2.13. The Morgan fingerprint density at radius 1 is 0.897 bits per heavy atom. The van der Waals surface area contributed by atoms with Crippen LogP contribution in [0.1, 0.15) is 54.7 Å². The van der Waals surface area contributed by atoms with Crippen LogP contribution in [0.2, 0.25) is 0 Å². The van der Waals surface area contributed by atoms with Crippen LogP contribution in [0, 0.1) is 36.1 Å². The van der Waals surface area contributed by atoms with Crippen molar-refractivity contribution in [2.24, 2.45) is 5.92 Å². The predicted molar refractivity (Wildman–Crippen MR) is 106 cm³/mol. The minimum Gasteiger partial charge on any atom is -0.494 e. The number of rotatable bonds is 6. The van der Waals surface area contributed by atoms with Crippen LogP contribution in [-0.4, -0.2) is 7.11 Å². The van der Waals surface area contributed by atoms with E-state index in [1.807, 2.05) is 6.08 Å². The highest BCUT2D eigenvalue weighted by molar-refractivity contribution is 5.31. The summed E-state index contributed by atoms with van der Waals surface area (Å²) in [5, 5.41) is 0. The van der Waals surface area contributed by atoms with E-state index in [-0.39, 0.29) is 11.7 Å². The van der Waals surface area contributed by atoms with Crippen LogP contribution in [0.5, 0.6) is 5.75 Å². The topological polar surface area (TPSA) is 9.23 Å². The van der Waals surface area contributed by atoms with Crippen LogP contribution in [0.15, 0.2) is 36.4 Å². The van der Waals surface area contributed by atoms with Crippen molar-refractivity contribution >= 4 is 0 Å². The summed E-state index contributed by atoms with van der Waals surface area (Å²) in [7, 11) is 1.30. The van der Waals surface area contributed by atoms with Gasteiger partial charge < -0.3 is 4.74 Å². The first kappa shape index (κ1) is 21.4. The molecule has 0 atom stereocenters. The van der Waals surface area contributed by atoms with Gasteiger partial charge in [0.1, 0.15) is 0 Å². The molecule has 2 aromatic rings. The molecule has 3 rings (SSSR count). The van der Waals surface area contributed by atoms with E-state index >= 15 is 0 Å². The predicted octanol–water partition coefficient (Wildman–Crippen LogP) is 7.02. The number of hydrogen-bond donors (Lipinski definition) is 0. The number of aryl methyl sites for hydroxylation is 2. The number of benzene rings is 2. The monoisotopic (exact) mass is 406 g/mol. The van der Waals surface area contributed by atoms with Crippen LogP contribution in [0.3, 0.4) is 0 Å². The van der Waals surface area contributed by atoms with Gasteiger partial charge in [-0.05, 0) is 80.0 Å². The SMILES string of the molecule is COc1ccc(CC/C=C/C2CCC(c3ccc(C)c(F)c3F)CC2)c(F)c1F. The molecule has 0 unspecified atom stereocenters. The zero-order valence-corrected chi connectivity index (χ0v) is 16.8. The van der Waals surface area contributed by atoms with Crippen LogP contribution in [0.25, 0.3) is 0 Å². The van der Waals surface area contributed by atoms with E-state index in [9.17, 15) is 17.6 Å². The second-order valence-corrected chi connectivity index (χ2v) is 7.73.